The third-order valence-electron chi connectivity index (χ3n) is 3.25. The molecule has 0 saturated carbocycles. The summed E-state index contributed by atoms with van der Waals surface area (Å²) in [5.74, 6) is 0.973. The lowest BCUT2D eigenvalue weighted by Crippen LogP contribution is -2.16. The standard InChI is InChI=1S/C13H11N3/c1-3-7-11-9(5-1)14-13-15-10-6-2-4-8-12(10)16(11)13/h1-5,7-8,10H,6H2,(H,14,15). The molecule has 16 heavy (non-hydrogen) atoms. The Morgan fingerprint density at radius 2 is 2.25 bits per heavy atom. The molecule has 1 aromatic carbocycles. The minimum absolute atomic E-state index is 0.400. The maximum atomic E-state index is 4.60. The molecule has 1 atom stereocenters. The minimum atomic E-state index is 0.400. The van der Waals surface area contributed by atoms with E-state index in [-0.39, 0.29) is 0 Å². The van der Waals surface area contributed by atoms with E-state index in [0.717, 1.165) is 17.9 Å². The maximum absolute atomic E-state index is 4.60. The van der Waals surface area contributed by atoms with E-state index in [2.05, 4.69) is 51.3 Å². The number of hydrogen-bond acceptors (Lipinski definition) is 2. The summed E-state index contributed by atoms with van der Waals surface area (Å²) in [6, 6.07) is 8.66. The van der Waals surface area contributed by atoms with Crippen LogP contribution in [0.5, 0.6) is 0 Å². The van der Waals surface area contributed by atoms with E-state index in [1.165, 1.54) is 11.2 Å². The smallest absolute Gasteiger partial charge is 0.208 e. The molecular formula is C13H11N3. The quantitative estimate of drug-likeness (QED) is 0.722. The first-order valence-corrected chi connectivity index (χ1v) is 5.54. The van der Waals surface area contributed by atoms with Gasteiger partial charge in [0.25, 0.3) is 0 Å². The fourth-order valence-corrected chi connectivity index (χ4v) is 2.52. The molecule has 1 aliphatic heterocycles. The predicted molar refractivity (Wildman–Crippen MR) is 65.2 cm³/mol. The second-order valence-electron chi connectivity index (χ2n) is 4.21. The lowest BCUT2D eigenvalue weighted by molar-refractivity contribution is 0.909. The minimum Gasteiger partial charge on any atom is -0.347 e. The van der Waals surface area contributed by atoms with Gasteiger partial charge in [-0.25, -0.2) is 4.98 Å². The molecule has 2 aliphatic rings. The van der Waals surface area contributed by atoms with Crippen LogP contribution in [0, 0.1) is 0 Å². The van der Waals surface area contributed by atoms with Crippen molar-refractivity contribution in [1.29, 1.82) is 0 Å². The van der Waals surface area contributed by atoms with E-state index < -0.39 is 0 Å². The van der Waals surface area contributed by atoms with Gasteiger partial charge in [-0.2, -0.15) is 0 Å². The van der Waals surface area contributed by atoms with Crippen LogP contribution in [0.4, 0.5) is 5.95 Å². The first kappa shape index (κ1) is 8.16. The first-order chi connectivity index (χ1) is 7.93. The van der Waals surface area contributed by atoms with Crippen molar-refractivity contribution in [3.8, 4) is 0 Å². The van der Waals surface area contributed by atoms with Crippen molar-refractivity contribution in [2.24, 2.45) is 0 Å². The van der Waals surface area contributed by atoms with Crippen LogP contribution in [0.1, 0.15) is 6.42 Å². The van der Waals surface area contributed by atoms with Gasteiger partial charge in [-0.15, -0.1) is 0 Å². The van der Waals surface area contributed by atoms with Gasteiger partial charge in [0.2, 0.25) is 5.95 Å². The topological polar surface area (TPSA) is 29.9 Å². The molecule has 78 valence electrons. The van der Waals surface area contributed by atoms with E-state index in [1.807, 2.05) is 6.07 Å². The summed E-state index contributed by atoms with van der Waals surface area (Å²) in [4.78, 5) is 4.60. The van der Waals surface area contributed by atoms with E-state index in [1.54, 1.807) is 0 Å². The fourth-order valence-electron chi connectivity index (χ4n) is 2.52. The Labute approximate surface area is 93.1 Å². The van der Waals surface area contributed by atoms with Crippen molar-refractivity contribution in [3.05, 3.63) is 42.5 Å². The number of nitrogens with one attached hydrogen (secondary N) is 1. The Hall–Kier alpha value is -2.03. The van der Waals surface area contributed by atoms with Gasteiger partial charge in [0.1, 0.15) is 0 Å². The van der Waals surface area contributed by atoms with E-state index in [9.17, 15) is 0 Å². The van der Waals surface area contributed by atoms with Crippen molar-refractivity contribution in [2.45, 2.75) is 12.5 Å². The summed E-state index contributed by atoms with van der Waals surface area (Å²) >= 11 is 0. The molecular weight excluding hydrogens is 198 g/mol. The molecule has 3 nitrogen and oxygen atoms in total. The number of aromatic nitrogens is 2. The fraction of sp³-hybridized carbons (Fsp3) is 0.154. The molecule has 0 amide bonds. The second-order valence-corrected chi connectivity index (χ2v) is 4.21. The molecule has 1 aliphatic carbocycles. The van der Waals surface area contributed by atoms with Crippen LogP contribution in [0.15, 0.2) is 42.5 Å². The van der Waals surface area contributed by atoms with Gasteiger partial charge in [0, 0.05) is 5.70 Å². The molecule has 1 unspecified atom stereocenters. The highest BCUT2D eigenvalue weighted by Crippen LogP contribution is 2.35. The third-order valence-corrected chi connectivity index (χ3v) is 3.25. The van der Waals surface area contributed by atoms with Crippen molar-refractivity contribution in [2.75, 3.05) is 5.32 Å². The summed E-state index contributed by atoms with van der Waals surface area (Å²) in [5.41, 5.74) is 3.55. The predicted octanol–water partition coefficient (Wildman–Crippen LogP) is 2.63. The SMILES string of the molecule is C1=CCC2Nc3nc4ccccc4n3C2=C1. The zero-order valence-electron chi connectivity index (χ0n) is 8.72. The van der Waals surface area contributed by atoms with Crippen LogP contribution in [0.3, 0.4) is 0 Å². The molecule has 3 heteroatoms. The lowest BCUT2D eigenvalue weighted by Gasteiger charge is -2.13. The summed E-state index contributed by atoms with van der Waals surface area (Å²) in [5, 5.41) is 3.46. The monoisotopic (exact) mass is 209 g/mol. The Balaban J connectivity index is 2.06. The summed E-state index contributed by atoms with van der Waals surface area (Å²) in [7, 11) is 0. The highest BCUT2D eigenvalue weighted by molar-refractivity contribution is 5.87. The molecule has 2 heterocycles. The molecule has 1 aromatic heterocycles. The van der Waals surface area contributed by atoms with Gasteiger partial charge in [-0.3, -0.25) is 4.57 Å². The number of imidazole rings is 1. The highest BCUT2D eigenvalue weighted by atomic mass is 15.3. The number of para-hydroxylation sites is 2. The summed E-state index contributed by atoms with van der Waals surface area (Å²) in [6.07, 6.45) is 7.53. The number of fused-ring (bicyclic) bond motifs is 5. The van der Waals surface area contributed by atoms with Gasteiger partial charge in [0.05, 0.1) is 17.1 Å². The van der Waals surface area contributed by atoms with Crippen molar-refractivity contribution in [3.63, 3.8) is 0 Å². The second kappa shape index (κ2) is 2.76. The number of allylic oxidation sites excluding steroid dienone is 2. The van der Waals surface area contributed by atoms with Gasteiger partial charge >= 0.3 is 0 Å². The zero-order chi connectivity index (χ0) is 10.5. The van der Waals surface area contributed by atoms with E-state index in [0.29, 0.717) is 6.04 Å². The summed E-state index contributed by atoms with van der Waals surface area (Å²) < 4.78 is 2.23. The van der Waals surface area contributed by atoms with Crippen molar-refractivity contribution in [1.82, 2.24) is 9.55 Å². The van der Waals surface area contributed by atoms with Gasteiger partial charge < -0.3 is 5.32 Å². The highest BCUT2D eigenvalue weighted by Gasteiger charge is 2.28. The van der Waals surface area contributed by atoms with E-state index >= 15 is 0 Å². The number of anilines is 1. The van der Waals surface area contributed by atoms with Gasteiger partial charge in [-0.05, 0) is 24.6 Å². The average Bonchev–Trinajstić information content (AvgIpc) is 2.83. The molecule has 2 aromatic rings. The molecule has 4 rings (SSSR count). The van der Waals surface area contributed by atoms with Gasteiger partial charge in [-0.1, -0.05) is 24.3 Å². The normalized spacial score (nSPS) is 21.5. The Bertz CT molecular complexity index is 634. The Morgan fingerprint density at radius 3 is 3.25 bits per heavy atom. The molecule has 1 N–H and O–H groups in total. The van der Waals surface area contributed by atoms with Gasteiger partial charge in [0.15, 0.2) is 0 Å². The van der Waals surface area contributed by atoms with Crippen molar-refractivity contribution >= 4 is 22.7 Å². The summed E-state index contributed by atoms with van der Waals surface area (Å²) in [6.45, 7) is 0. The third kappa shape index (κ3) is 0.902. The largest absolute Gasteiger partial charge is 0.347 e. The molecule has 0 saturated heterocycles. The van der Waals surface area contributed by atoms with Crippen LogP contribution in [-0.2, 0) is 0 Å². The first-order valence-electron chi connectivity index (χ1n) is 5.54. The lowest BCUT2D eigenvalue weighted by atomic mass is 10.1. The number of rotatable bonds is 0. The zero-order valence-corrected chi connectivity index (χ0v) is 8.72. The Morgan fingerprint density at radius 1 is 1.31 bits per heavy atom. The van der Waals surface area contributed by atoms with Crippen LogP contribution in [0.25, 0.3) is 16.7 Å². The molecule has 0 fully saturated rings. The molecule has 0 radical (unpaired) electrons. The van der Waals surface area contributed by atoms with E-state index in [4.69, 9.17) is 0 Å². The number of benzene rings is 1. The average molecular weight is 209 g/mol. The van der Waals surface area contributed by atoms with Crippen LogP contribution in [-0.4, -0.2) is 15.6 Å². The van der Waals surface area contributed by atoms with Crippen LogP contribution < -0.4 is 5.32 Å². The Kier molecular flexibility index (Phi) is 1.41. The number of hydrogen-bond donors (Lipinski definition) is 1. The van der Waals surface area contributed by atoms with Crippen molar-refractivity contribution < 1.29 is 0 Å². The molecule has 0 spiro atoms. The van der Waals surface area contributed by atoms with Crippen LogP contribution in [0.2, 0.25) is 0 Å². The van der Waals surface area contributed by atoms with Crippen LogP contribution >= 0.6 is 0 Å². The number of nitrogens with zero attached hydrogens (tertiary/aromatic N) is 2. The maximum Gasteiger partial charge on any atom is 0.208 e. The molecule has 0 bridgehead atoms.